The molecule has 4 aromatic rings. The van der Waals surface area contributed by atoms with Crippen molar-refractivity contribution in [2.75, 3.05) is 0 Å². The number of carbonyl (C=O) groups excluding carboxylic acids is 3. The Morgan fingerprint density at radius 2 is 1.28 bits per heavy atom. The summed E-state index contributed by atoms with van der Waals surface area (Å²) in [5, 5.41) is 28.7. The van der Waals surface area contributed by atoms with E-state index in [0.717, 1.165) is 27.4 Å². The molecule has 2 aromatic heterocycles. The second-order valence-corrected chi connectivity index (χ2v) is 11.5. The molecular weight excluding hydrogens is 592 g/mol. The summed E-state index contributed by atoms with van der Waals surface area (Å²) in [5.41, 5.74) is 8.97. The van der Waals surface area contributed by atoms with Gasteiger partial charge in [-0.25, -0.2) is 4.79 Å². The van der Waals surface area contributed by atoms with Gasteiger partial charge >= 0.3 is 11.9 Å². The van der Waals surface area contributed by atoms with Crippen LogP contribution in [0.2, 0.25) is 0 Å². The highest BCUT2D eigenvalue weighted by atomic mass is 16.4. The first-order valence-electron chi connectivity index (χ1n) is 15.2. The van der Waals surface area contributed by atoms with Crippen molar-refractivity contribution in [3.63, 3.8) is 0 Å². The van der Waals surface area contributed by atoms with Gasteiger partial charge < -0.3 is 41.9 Å². The maximum atomic E-state index is 13.8. The summed E-state index contributed by atoms with van der Waals surface area (Å²) < 4.78 is 0. The number of aliphatic carboxylic acids is 2. The van der Waals surface area contributed by atoms with Gasteiger partial charge in [-0.3, -0.25) is 19.2 Å². The molecule has 4 rings (SSSR count). The number of hydrogen-bond donors (Lipinski definition) is 8. The molecule has 5 atom stereocenters. The van der Waals surface area contributed by atoms with E-state index in [9.17, 15) is 29.1 Å². The molecule has 3 amide bonds. The van der Waals surface area contributed by atoms with Crippen LogP contribution < -0.4 is 21.7 Å². The van der Waals surface area contributed by atoms with Crippen molar-refractivity contribution >= 4 is 51.5 Å². The molecule has 2 aromatic carbocycles. The van der Waals surface area contributed by atoms with Crippen LogP contribution in [0, 0.1) is 5.92 Å². The van der Waals surface area contributed by atoms with Crippen molar-refractivity contribution in [3.05, 3.63) is 72.1 Å². The number of nitrogens with two attached hydrogens (primary N) is 1. The second-order valence-electron chi connectivity index (χ2n) is 11.5. The molecule has 13 nitrogen and oxygen atoms in total. The van der Waals surface area contributed by atoms with Gasteiger partial charge in [-0.15, -0.1) is 0 Å². The van der Waals surface area contributed by atoms with Gasteiger partial charge in [-0.2, -0.15) is 0 Å². The lowest BCUT2D eigenvalue weighted by atomic mass is 9.96. The van der Waals surface area contributed by atoms with Gasteiger partial charge in [0.1, 0.15) is 18.1 Å². The van der Waals surface area contributed by atoms with Gasteiger partial charge in [0.15, 0.2) is 0 Å². The summed E-state index contributed by atoms with van der Waals surface area (Å²) in [6.07, 6.45) is 3.53. The first-order valence-corrected chi connectivity index (χ1v) is 15.2. The summed E-state index contributed by atoms with van der Waals surface area (Å²) >= 11 is 0. The third-order valence-corrected chi connectivity index (χ3v) is 8.24. The van der Waals surface area contributed by atoms with Crippen LogP contribution in [0.4, 0.5) is 0 Å². The number of H-pyrrole nitrogens is 2. The predicted molar refractivity (Wildman–Crippen MR) is 172 cm³/mol. The van der Waals surface area contributed by atoms with E-state index in [2.05, 4.69) is 25.9 Å². The molecule has 0 aliphatic heterocycles. The molecule has 0 spiro atoms. The number of rotatable bonds is 16. The highest BCUT2D eigenvalue weighted by Crippen LogP contribution is 2.21. The molecule has 0 fully saturated rings. The van der Waals surface area contributed by atoms with Crippen LogP contribution in [0.15, 0.2) is 60.9 Å². The van der Waals surface area contributed by atoms with Crippen molar-refractivity contribution in [2.45, 2.75) is 70.1 Å². The van der Waals surface area contributed by atoms with E-state index in [-0.39, 0.29) is 31.6 Å². The zero-order valence-electron chi connectivity index (χ0n) is 25.7. The Hall–Kier alpha value is -5.17. The minimum absolute atomic E-state index is 0.00137. The van der Waals surface area contributed by atoms with Crippen molar-refractivity contribution in [1.82, 2.24) is 25.9 Å². The molecule has 2 heterocycles. The number of carbonyl (C=O) groups is 5. The van der Waals surface area contributed by atoms with E-state index in [1.807, 2.05) is 55.5 Å². The van der Waals surface area contributed by atoms with Crippen molar-refractivity contribution < 1.29 is 34.2 Å². The van der Waals surface area contributed by atoms with Crippen LogP contribution >= 0.6 is 0 Å². The number of benzene rings is 2. The Labute approximate surface area is 265 Å². The first-order chi connectivity index (χ1) is 22.0. The molecule has 0 bridgehead atoms. The number of carboxylic acids is 2. The lowest BCUT2D eigenvalue weighted by Gasteiger charge is -2.28. The average molecular weight is 633 g/mol. The lowest BCUT2D eigenvalue weighted by Crippen LogP contribution is -2.59. The number of amides is 3. The fourth-order valence-corrected chi connectivity index (χ4v) is 5.36. The standard InChI is InChI=1S/C33H40N6O7/c1-3-18(2)29(39-30(42)23(34)12-13-28(40)41)32(44)37-26(14-19-16-35-24-10-6-4-8-21(19)24)31(43)38-27(33(45)46)15-20-17-36-25-11-7-5-9-22(20)25/h4-11,16-18,23,26-27,29,35-36H,3,12-15,34H2,1-2H3,(H,37,44)(H,38,43)(H,39,42)(H,40,41)(H,45,46). The fourth-order valence-electron chi connectivity index (χ4n) is 5.36. The third kappa shape index (κ3) is 8.30. The normalized spacial score (nSPS) is 14.6. The number of fused-ring (bicyclic) bond motifs is 2. The molecule has 9 N–H and O–H groups in total. The first kappa shape index (κ1) is 33.7. The zero-order valence-corrected chi connectivity index (χ0v) is 25.7. The number of para-hydroxylation sites is 2. The number of hydrogen-bond acceptors (Lipinski definition) is 6. The van der Waals surface area contributed by atoms with E-state index in [1.165, 1.54) is 0 Å². The molecule has 0 saturated heterocycles. The largest absolute Gasteiger partial charge is 0.481 e. The van der Waals surface area contributed by atoms with E-state index < -0.39 is 53.8 Å². The molecule has 0 saturated carbocycles. The minimum Gasteiger partial charge on any atom is -0.481 e. The Kier molecular flexibility index (Phi) is 11.2. The Morgan fingerprint density at radius 3 is 1.80 bits per heavy atom. The van der Waals surface area contributed by atoms with Gasteiger partial charge in [-0.05, 0) is 35.6 Å². The Bertz CT molecular complexity index is 1710. The van der Waals surface area contributed by atoms with E-state index in [0.29, 0.717) is 12.0 Å². The fraction of sp³-hybridized carbons (Fsp3) is 0.364. The van der Waals surface area contributed by atoms with Gasteiger partial charge in [0.25, 0.3) is 0 Å². The van der Waals surface area contributed by atoms with Crippen molar-refractivity contribution in [1.29, 1.82) is 0 Å². The molecule has 0 aliphatic rings. The summed E-state index contributed by atoms with van der Waals surface area (Å²) in [5.74, 6) is -4.77. The summed E-state index contributed by atoms with van der Waals surface area (Å²) in [6, 6.07) is 10.1. The van der Waals surface area contributed by atoms with Gasteiger partial charge in [0.05, 0.1) is 6.04 Å². The van der Waals surface area contributed by atoms with Crippen LogP contribution in [0.1, 0.15) is 44.2 Å². The summed E-state index contributed by atoms with van der Waals surface area (Å²) in [6.45, 7) is 3.59. The predicted octanol–water partition coefficient (Wildman–Crippen LogP) is 2.21. The molecule has 0 radical (unpaired) electrons. The molecule has 13 heteroatoms. The summed E-state index contributed by atoms with van der Waals surface area (Å²) in [4.78, 5) is 69.9. The minimum atomic E-state index is -1.30. The van der Waals surface area contributed by atoms with E-state index >= 15 is 0 Å². The zero-order chi connectivity index (χ0) is 33.4. The van der Waals surface area contributed by atoms with Gasteiger partial charge in [-0.1, -0.05) is 56.7 Å². The quantitative estimate of drug-likeness (QED) is 0.0913. The topological polar surface area (TPSA) is 219 Å². The van der Waals surface area contributed by atoms with Crippen molar-refractivity contribution in [2.24, 2.45) is 11.7 Å². The molecule has 5 unspecified atom stereocenters. The van der Waals surface area contributed by atoms with Crippen LogP contribution in [-0.4, -0.2) is 74.0 Å². The van der Waals surface area contributed by atoms with Crippen LogP contribution in [0.3, 0.4) is 0 Å². The van der Waals surface area contributed by atoms with E-state index in [1.54, 1.807) is 19.3 Å². The average Bonchev–Trinajstić information content (AvgIpc) is 3.65. The highest BCUT2D eigenvalue weighted by Gasteiger charge is 2.33. The SMILES string of the molecule is CCC(C)C(NC(=O)C(N)CCC(=O)O)C(=O)NC(Cc1c[nH]c2ccccc12)C(=O)NC(Cc1c[nH]c2ccccc12)C(=O)O. The molecule has 46 heavy (non-hydrogen) atoms. The monoisotopic (exact) mass is 632 g/mol. The van der Waals surface area contributed by atoms with E-state index in [4.69, 9.17) is 10.8 Å². The maximum absolute atomic E-state index is 13.8. The Morgan fingerprint density at radius 1 is 0.761 bits per heavy atom. The third-order valence-electron chi connectivity index (χ3n) is 8.24. The molecular formula is C33H40N6O7. The summed E-state index contributed by atoms with van der Waals surface area (Å²) in [7, 11) is 0. The smallest absolute Gasteiger partial charge is 0.326 e. The number of aromatic amines is 2. The van der Waals surface area contributed by atoms with Gasteiger partial charge in [0.2, 0.25) is 17.7 Å². The van der Waals surface area contributed by atoms with Crippen LogP contribution in [0.5, 0.6) is 0 Å². The lowest BCUT2D eigenvalue weighted by molar-refractivity contribution is -0.142. The molecule has 0 aliphatic carbocycles. The number of aromatic nitrogens is 2. The molecule has 244 valence electrons. The van der Waals surface area contributed by atoms with Crippen LogP contribution in [0.25, 0.3) is 21.8 Å². The Balaban J connectivity index is 1.58. The maximum Gasteiger partial charge on any atom is 0.326 e. The van der Waals surface area contributed by atoms with Crippen molar-refractivity contribution in [3.8, 4) is 0 Å². The number of nitrogens with one attached hydrogen (secondary N) is 5. The van der Waals surface area contributed by atoms with Gasteiger partial charge in [0, 0.05) is 53.5 Å². The highest BCUT2D eigenvalue weighted by molar-refractivity contribution is 5.95. The second kappa shape index (κ2) is 15.2. The number of carboxylic acid groups (broad SMARTS) is 2. The van der Waals surface area contributed by atoms with Crippen LogP contribution in [-0.2, 0) is 36.8 Å².